The Kier molecular flexibility index (Phi) is 11.0. The normalized spacial score (nSPS) is 14.5. The van der Waals surface area contributed by atoms with Crippen LogP contribution in [0.25, 0.3) is 6.08 Å². The number of para-hydroxylation sites is 1. The molecule has 0 amide bonds. The lowest BCUT2D eigenvalue weighted by molar-refractivity contribution is -0.141. The summed E-state index contributed by atoms with van der Waals surface area (Å²) in [7, 11) is 4.46. The Bertz CT molecular complexity index is 1780. The van der Waals surface area contributed by atoms with E-state index in [1.165, 1.54) is 25.9 Å². The Morgan fingerprint density at radius 3 is 2.50 bits per heavy atom. The van der Waals surface area contributed by atoms with Crippen molar-refractivity contribution in [1.82, 2.24) is 4.57 Å². The van der Waals surface area contributed by atoms with Crippen LogP contribution < -0.4 is 33.8 Å². The second-order valence-electron chi connectivity index (χ2n) is 9.24. The van der Waals surface area contributed by atoms with E-state index in [2.05, 4.69) is 4.99 Å². The van der Waals surface area contributed by atoms with Crippen molar-refractivity contribution in [1.29, 1.82) is 0 Å². The maximum atomic E-state index is 14.1. The van der Waals surface area contributed by atoms with Crippen LogP contribution in [0.5, 0.6) is 23.0 Å². The molecule has 0 fully saturated rings. The molecule has 1 atom stereocenters. The predicted octanol–water partition coefficient (Wildman–Crippen LogP) is 2.91. The molecule has 1 aliphatic heterocycles. The highest BCUT2D eigenvalue weighted by Gasteiger charge is 2.36. The van der Waals surface area contributed by atoms with E-state index in [0.29, 0.717) is 53.6 Å². The third-order valence-corrected chi connectivity index (χ3v) is 8.25. The number of aromatic nitrogens is 1. The van der Waals surface area contributed by atoms with Gasteiger partial charge in [-0.1, -0.05) is 23.5 Å². The van der Waals surface area contributed by atoms with Crippen LogP contribution in [0, 0.1) is 3.57 Å². The first kappa shape index (κ1) is 33.0. The number of benzene rings is 2. The Morgan fingerprint density at radius 2 is 1.84 bits per heavy atom. The molecule has 0 saturated carbocycles. The summed E-state index contributed by atoms with van der Waals surface area (Å²) < 4.78 is 35.3. The minimum atomic E-state index is -1.12. The molecule has 12 nitrogen and oxygen atoms in total. The van der Waals surface area contributed by atoms with Crippen molar-refractivity contribution >= 4 is 51.9 Å². The van der Waals surface area contributed by atoms with E-state index in [0.717, 1.165) is 11.3 Å². The van der Waals surface area contributed by atoms with E-state index in [4.69, 9.17) is 33.5 Å². The van der Waals surface area contributed by atoms with Crippen LogP contribution in [-0.4, -0.2) is 69.4 Å². The summed E-state index contributed by atoms with van der Waals surface area (Å²) in [6.45, 7) is 3.53. The fraction of sp³-hybridized carbons (Fsp3) is 0.333. The molecule has 0 spiro atoms. The SMILES string of the molecule is CCOc1c(OC)cccc1[C@H]1C(C(=O)OCCOC)=C(C)N=c2s/c(=C/c3cc(I)c(OCC(=O)O)c(OC)c3)c(=O)n21. The Balaban J connectivity index is 1.93. The van der Waals surface area contributed by atoms with Crippen molar-refractivity contribution in [2.75, 3.05) is 47.8 Å². The van der Waals surface area contributed by atoms with Crippen LogP contribution in [0.4, 0.5) is 0 Å². The fourth-order valence-electron chi connectivity index (χ4n) is 4.63. The first-order valence-corrected chi connectivity index (χ1v) is 15.2. The first-order chi connectivity index (χ1) is 21.1. The Labute approximate surface area is 270 Å². The lowest BCUT2D eigenvalue weighted by atomic mass is 9.94. The van der Waals surface area contributed by atoms with Crippen molar-refractivity contribution in [2.45, 2.75) is 19.9 Å². The second-order valence-corrected chi connectivity index (χ2v) is 11.4. The number of hydrogen-bond donors (Lipinski definition) is 1. The van der Waals surface area contributed by atoms with Gasteiger partial charge in [-0.2, -0.15) is 0 Å². The zero-order valence-electron chi connectivity index (χ0n) is 24.7. The molecule has 3 aromatic rings. The number of nitrogens with zero attached hydrogens (tertiary/aromatic N) is 2. The maximum Gasteiger partial charge on any atom is 0.341 e. The number of allylic oxidation sites excluding steroid dienone is 1. The number of thiazole rings is 1. The Morgan fingerprint density at radius 1 is 1.09 bits per heavy atom. The molecule has 234 valence electrons. The molecule has 14 heteroatoms. The van der Waals surface area contributed by atoms with Gasteiger partial charge in [-0.15, -0.1) is 0 Å². The van der Waals surface area contributed by atoms with Crippen LogP contribution in [0.15, 0.2) is 51.4 Å². The monoisotopic (exact) mass is 738 g/mol. The van der Waals surface area contributed by atoms with Gasteiger partial charge in [0, 0.05) is 12.7 Å². The predicted molar refractivity (Wildman–Crippen MR) is 170 cm³/mol. The van der Waals surface area contributed by atoms with Crippen molar-refractivity contribution in [3.05, 3.63) is 76.0 Å². The van der Waals surface area contributed by atoms with Crippen LogP contribution >= 0.6 is 33.9 Å². The van der Waals surface area contributed by atoms with Gasteiger partial charge in [0.15, 0.2) is 34.4 Å². The summed E-state index contributed by atoms with van der Waals surface area (Å²) >= 11 is 3.17. The molecule has 0 aliphatic carbocycles. The van der Waals surface area contributed by atoms with Crippen LogP contribution in [0.1, 0.15) is 31.0 Å². The number of carbonyl (C=O) groups is 2. The van der Waals surface area contributed by atoms with Gasteiger partial charge in [-0.3, -0.25) is 9.36 Å². The van der Waals surface area contributed by atoms with E-state index in [9.17, 15) is 14.4 Å². The van der Waals surface area contributed by atoms with Crippen LogP contribution in [0.3, 0.4) is 0 Å². The zero-order valence-corrected chi connectivity index (χ0v) is 27.6. The van der Waals surface area contributed by atoms with E-state index in [1.807, 2.05) is 29.5 Å². The number of carboxylic acids is 1. The van der Waals surface area contributed by atoms with Gasteiger partial charge in [-0.25, -0.2) is 14.6 Å². The quantitative estimate of drug-likeness (QED) is 0.158. The average Bonchev–Trinajstić information content (AvgIpc) is 3.29. The van der Waals surface area contributed by atoms with E-state index >= 15 is 0 Å². The van der Waals surface area contributed by atoms with Gasteiger partial charge in [-0.05, 0) is 66.3 Å². The smallest absolute Gasteiger partial charge is 0.341 e. The van der Waals surface area contributed by atoms with Crippen LogP contribution in [0.2, 0.25) is 0 Å². The molecule has 2 heterocycles. The standard InChI is InChI=1S/C30H31IN2O10S/c1-6-41-26-18(8-7-9-20(26)39-4)25-24(29(37)42-11-10-38-3)16(2)32-30-33(25)28(36)22(44-30)14-17-12-19(31)27(21(13-17)40-5)43-15-23(34)35/h7-9,12-14,25H,6,10-11,15H2,1-5H3,(H,34,35)/b22-14+/t25-/m0/s1. The molecule has 0 radical (unpaired) electrons. The summed E-state index contributed by atoms with van der Waals surface area (Å²) in [6, 6.07) is 7.74. The molecule has 0 saturated heterocycles. The molecular formula is C30H31IN2O10S. The molecule has 0 unspecified atom stereocenters. The van der Waals surface area contributed by atoms with Crippen molar-refractivity contribution < 1.29 is 43.1 Å². The number of carbonyl (C=O) groups excluding carboxylic acids is 1. The Hall–Kier alpha value is -3.89. The number of ether oxygens (including phenoxy) is 6. The molecule has 0 bridgehead atoms. The highest BCUT2D eigenvalue weighted by molar-refractivity contribution is 14.1. The maximum absolute atomic E-state index is 14.1. The summed E-state index contributed by atoms with van der Waals surface area (Å²) in [6.07, 6.45) is 1.68. The number of hydrogen-bond acceptors (Lipinski definition) is 11. The third-order valence-electron chi connectivity index (χ3n) is 6.46. The van der Waals surface area contributed by atoms with Gasteiger partial charge < -0.3 is 33.5 Å². The zero-order chi connectivity index (χ0) is 32.0. The van der Waals surface area contributed by atoms with Gasteiger partial charge in [0.2, 0.25) is 0 Å². The third kappa shape index (κ3) is 6.92. The highest BCUT2D eigenvalue weighted by Crippen LogP contribution is 2.41. The minimum Gasteiger partial charge on any atom is -0.493 e. The summed E-state index contributed by atoms with van der Waals surface area (Å²) in [5, 5.41) is 9.02. The molecule has 1 aromatic heterocycles. The molecule has 1 aliphatic rings. The van der Waals surface area contributed by atoms with E-state index < -0.39 is 24.6 Å². The number of fused-ring (bicyclic) bond motifs is 1. The fourth-order valence-corrected chi connectivity index (χ4v) is 6.46. The van der Waals surface area contributed by atoms with Gasteiger partial charge in [0.05, 0.1) is 46.8 Å². The lowest BCUT2D eigenvalue weighted by Gasteiger charge is -2.27. The summed E-state index contributed by atoms with van der Waals surface area (Å²) in [5.41, 5.74) is 1.33. The van der Waals surface area contributed by atoms with Crippen LogP contribution in [-0.2, 0) is 19.1 Å². The van der Waals surface area contributed by atoms with Crippen molar-refractivity contribution in [3.8, 4) is 23.0 Å². The van der Waals surface area contributed by atoms with E-state index in [-0.39, 0.29) is 30.1 Å². The van der Waals surface area contributed by atoms with Gasteiger partial charge in [0.25, 0.3) is 5.56 Å². The minimum absolute atomic E-state index is 0.0202. The van der Waals surface area contributed by atoms with Crippen molar-refractivity contribution in [3.63, 3.8) is 0 Å². The number of carboxylic acid groups (broad SMARTS) is 1. The average molecular weight is 739 g/mol. The molecule has 2 aromatic carbocycles. The highest BCUT2D eigenvalue weighted by atomic mass is 127. The second kappa shape index (κ2) is 14.7. The first-order valence-electron chi connectivity index (χ1n) is 13.3. The lowest BCUT2D eigenvalue weighted by Crippen LogP contribution is -2.40. The van der Waals surface area contributed by atoms with E-state index in [1.54, 1.807) is 43.3 Å². The summed E-state index contributed by atoms with van der Waals surface area (Å²) in [5.74, 6) is -0.328. The largest absolute Gasteiger partial charge is 0.493 e. The molecule has 44 heavy (non-hydrogen) atoms. The summed E-state index contributed by atoms with van der Waals surface area (Å²) in [4.78, 5) is 43.7. The number of aliphatic carboxylic acids is 1. The number of rotatable bonds is 13. The number of methoxy groups -OCH3 is 3. The molecule has 4 rings (SSSR count). The van der Waals surface area contributed by atoms with Gasteiger partial charge in [0.1, 0.15) is 12.6 Å². The molecular weight excluding hydrogens is 707 g/mol. The van der Waals surface area contributed by atoms with Crippen molar-refractivity contribution in [2.24, 2.45) is 4.99 Å². The van der Waals surface area contributed by atoms with Gasteiger partial charge >= 0.3 is 11.9 Å². The molecule has 1 N–H and O–H groups in total. The topological polar surface area (TPSA) is 144 Å². The number of esters is 1. The number of halogens is 1.